The molecule has 0 unspecified atom stereocenters. The molecule has 41 heteroatoms. The average molecular weight is 1590 g/mol. The molecule has 2 fully saturated rings. The molecule has 2 saturated heterocycles. The number of aliphatic imine (C=N–C) groups is 3. The third-order valence-corrected chi connectivity index (χ3v) is 18.2. The molecule has 2 aliphatic heterocycles. The van der Waals surface area contributed by atoms with E-state index in [1.807, 2.05) is 0 Å². The van der Waals surface area contributed by atoms with Crippen LogP contribution in [0.3, 0.4) is 0 Å². The number of amides is 13. The minimum Gasteiger partial charge on any atom is -0.508 e. The molecule has 32 N–H and O–H groups in total. The van der Waals surface area contributed by atoms with Gasteiger partial charge in [-0.05, 0) is 158 Å². The number of nitrogens with one attached hydrogen (secondary N) is 12. The van der Waals surface area contributed by atoms with Crippen LogP contribution in [0.5, 0.6) is 5.75 Å². The molecule has 13 amide bonds. The van der Waals surface area contributed by atoms with Gasteiger partial charge in [0, 0.05) is 39.0 Å². The predicted octanol–water partition coefficient (Wildman–Crippen LogP) is -7.06. The molecule has 626 valence electrons. The van der Waals surface area contributed by atoms with Gasteiger partial charge in [-0.3, -0.25) is 82.1 Å². The first-order chi connectivity index (χ1) is 53.8. The van der Waals surface area contributed by atoms with Crippen molar-refractivity contribution in [3.63, 3.8) is 0 Å². The number of phenols is 1. The Labute approximate surface area is 655 Å². The molecule has 2 aliphatic rings. The molecule has 0 aliphatic carbocycles. The standard InChI is InChI=1S/C72H117N25O16/c1-41(2)35-51-65(109)90-45(17-6-8-28-73)63(107)95-52(37-43-24-26-44(98)27-25-43)59(103)86-39-56(99)85-40-57(100)87-53(36-42-15-4-3-5-16-42)66(110)96-54(38-58(101)102)67(111)91-49(21-12-32-83-71(78)79)61(105)89-48(20-11-31-82-70(76)77)60(104)88-47(19-10-30-75)62(106)93-50(22-13-33-84-72(80)81)69(113)97-34-14-23-55(97)68(112)92-46(64(108)94-51)18-7-9-29-74/h3-5,15-16,24-27,41,45-55,98H,6-14,17-23,28-40,73-75H2,1-2H3,(H,85,99)(H,86,103)(H,87,100)(H,88,104)(H,89,105)(H,90,109)(H,91,111)(H,92,112)(H,93,106)(H,94,108)(H,95,107)(H,96,110)(H,101,102)(H4,76,77,82)(H4,78,79,83)(H4,80,81,84)/t45-,46-,47-,48-,49-,50-,51-,52-,53-,54-,55-/m0/s1. The third kappa shape index (κ3) is 35.6. The number of carbonyl (C=O) groups excluding carboxylic acids is 13. The predicted molar refractivity (Wildman–Crippen MR) is 418 cm³/mol. The maximum Gasteiger partial charge on any atom is 0.305 e. The molecule has 4 rings (SSSR count). The van der Waals surface area contributed by atoms with Gasteiger partial charge in [0.2, 0.25) is 76.8 Å². The highest BCUT2D eigenvalue weighted by atomic mass is 16.4. The number of aliphatic carboxylic acids is 1. The highest BCUT2D eigenvalue weighted by Gasteiger charge is 2.41. The quantitative estimate of drug-likeness (QED) is 0.0189. The van der Waals surface area contributed by atoms with Crippen LogP contribution < -0.4 is 115 Å². The Kier molecular flexibility index (Phi) is 41.9. The van der Waals surface area contributed by atoms with Gasteiger partial charge in [-0.25, -0.2) is 0 Å². The first-order valence-electron chi connectivity index (χ1n) is 38.0. The number of carboxylic acids is 1. The van der Waals surface area contributed by atoms with Gasteiger partial charge in [-0.1, -0.05) is 56.3 Å². The van der Waals surface area contributed by atoms with E-state index in [4.69, 9.17) is 51.6 Å². The third-order valence-electron chi connectivity index (χ3n) is 18.2. The number of carboxylic acid groups (broad SMARTS) is 1. The highest BCUT2D eigenvalue weighted by Crippen LogP contribution is 2.22. The minimum atomic E-state index is -1.99. The van der Waals surface area contributed by atoms with Gasteiger partial charge in [0.25, 0.3) is 0 Å². The van der Waals surface area contributed by atoms with Gasteiger partial charge in [-0.15, -0.1) is 0 Å². The van der Waals surface area contributed by atoms with E-state index < -0.39 is 169 Å². The molecule has 113 heavy (non-hydrogen) atoms. The first-order valence-corrected chi connectivity index (χ1v) is 38.0. The topological polar surface area (TPSA) is 698 Å². The molecular formula is C72H117N25O16. The number of fused-ring (bicyclic) bond motifs is 1. The maximum absolute atomic E-state index is 15.1. The summed E-state index contributed by atoms with van der Waals surface area (Å²) in [5, 5.41) is 51.4. The van der Waals surface area contributed by atoms with Crippen LogP contribution in [0, 0.1) is 5.92 Å². The van der Waals surface area contributed by atoms with Crippen LogP contribution in [-0.2, 0) is 80.0 Å². The van der Waals surface area contributed by atoms with Crippen molar-refractivity contribution in [2.24, 2.45) is 72.5 Å². The van der Waals surface area contributed by atoms with Gasteiger partial charge >= 0.3 is 5.97 Å². The second kappa shape index (κ2) is 50.4. The Morgan fingerprint density at radius 1 is 0.425 bits per heavy atom. The van der Waals surface area contributed by atoms with Crippen molar-refractivity contribution in [3.05, 3.63) is 65.7 Å². The van der Waals surface area contributed by atoms with Crippen LogP contribution in [0.15, 0.2) is 69.6 Å². The Bertz CT molecular complexity index is 3580. The van der Waals surface area contributed by atoms with E-state index >= 15 is 4.79 Å². The van der Waals surface area contributed by atoms with Crippen molar-refractivity contribution in [3.8, 4) is 5.75 Å². The summed E-state index contributed by atoms with van der Waals surface area (Å²) in [6, 6.07) is -2.84. The molecular weight excluding hydrogens is 1470 g/mol. The lowest BCUT2D eigenvalue weighted by Gasteiger charge is -2.31. The summed E-state index contributed by atoms with van der Waals surface area (Å²) in [5.74, 6) is -15.1. The number of carbonyl (C=O) groups is 14. The lowest BCUT2D eigenvalue weighted by atomic mass is 10.00. The van der Waals surface area contributed by atoms with Gasteiger partial charge < -0.3 is 131 Å². The summed E-state index contributed by atoms with van der Waals surface area (Å²) in [6.07, 6.45) is -0.594. The number of rotatable bonds is 31. The van der Waals surface area contributed by atoms with E-state index in [-0.39, 0.29) is 178 Å². The normalized spacial score (nSPS) is 23.0. The van der Waals surface area contributed by atoms with Crippen LogP contribution in [-0.4, -0.2) is 241 Å². The highest BCUT2D eigenvalue weighted by molar-refractivity contribution is 6.01. The summed E-state index contributed by atoms with van der Waals surface area (Å²) in [5.41, 5.74) is 52.3. The maximum atomic E-state index is 15.1. The molecule has 0 radical (unpaired) electrons. The number of guanidine groups is 3. The average Bonchev–Trinajstić information content (AvgIpc) is 1.75. The second-order valence-electron chi connectivity index (χ2n) is 28.0. The number of unbranched alkanes of at least 4 members (excludes halogenated alkanes) is 2. The van der Waals surface area contributed by atoms with E-state index in [0.717, 1.165) is 0 Å². The largest absolute Gasteiger partial charge is 0.508 e. The summed E-state index contributed by atoms with van der Waals surface area (Å²) in [7, 11) is 0. The zero-order valence-electron chi connectivity index (χ0n) is 64.2. The molecule has 0 spiro atoms. The van der Waals surface area contributed by atoms with Gasteiger partial charge in [0.05, 0.1) is 19.5 Å². The lowest BCUT2D eigenvalue weighted by molar-refractivity contribution is -0.143. The van der Waals surface area contributed by atoms with Crippen molar-refractivity contribution in [1.82, 2.24) is 68.7 Å². The van der Waals surface area contributed by atoms with Gasteiger partial charge in [-0.2, -0.15) is 0 Å². The zero-order chi connectivity index (χ0) is 83.5. The smallest absolute Gasteiger partial charge is 0.305 e. The van der Waals surface area contributed by atoms with E-state index in [1.54, 1.807) is 44.2 Å². The summed E-state index contributed by atoms with van der Waals surface area (Å²) >= 11 is 0. The van der Waals surface area contributed by atoms with E-state index in [2.05, 4.69) is 78.8 Å². The van der Waals surface area contributed by atoms with Crippen LogP contribution in [0.1, 0.15) is 141 Å². The molecule has 0 saturated carbocycles. The van der Waals surface area contributed by atoms with Crippen LogP contribution in [0.25, 0.3) is 0 Å². The van der Waals surface area contributed by atoms with Crippen LogP contribution in [0.4, 0.5) is 0 Å². The van der Waals surface area contributed by atoms with Crippen LogP contribution >= 0.6 is 0 Å². The van der Waals surface area contributed by atoms with E-state index in [0.29, 0.717) is 30.4 Å². The van der Waals surface area contributed by atoms with Gasteiger partial charge in [0.1, 0.15) is 72.2 Å². The first kappa shape index (κ1) is 93.9. The SMILES string of the molecule is CC(C)C[C@@H]1NC(=O)[C@H](CCCCN)NC(=O)[C@@H]2CCCN2C(=O)[C@H](CCCN=C(N)N)NC(=O)[C@H](CCCN)NC(=O)[C@H](CCCN=C(N)N)NC(=O)[C@H](CCCN=C(N)N)NC(=O)[C@H](CC(=O)O)NC(=O)[C@H](Cc2ccccc2)NC(=O)CNC(=O)CNC(=O)[C@H](Cc2ccc(O)cc2)NC(=O)[C@H](CCCCN)NC1=O. The molecule has 0 bridgehead atoms. The minimum absolute atomic E-state index is 0.000407. The second-order valence-corrected chi connectivity index (χ2v) is 28.0. The van der Waals surface area contributed by atoms with Crippen molar-refractivity contribution in [1.29, 1.82) is 0 Å². The number of phenolic OH excluding ortho intramolecular Hbond substituents is 1. The number of aromatic hydroxyl groups is 1. The van der Waals surface area contributed by atoms with Crippen molar-refractivity contribution >= 4 is 101 Å². The fourth-order valence-corrected chi connectivity index (χ4v) is 12.4. The monoisotopic (exact) mass is 1590 g/mol. The number of hydrogen-bond acceptors (Lipinski definition) is 21. The summed E-state index contributed by atoms with van der Waals surface area (Å²) in [6.45, 7) is 2.09. The van der Waals surface area contributed by atoms with Crippen LogP contribution in [0.2, 0.25) is 0 Å². The molecule has 11 atom stereocenters. The Morgan fingerprint density at radius 2 is 0.796 bits per heavy atom. The number of hydrogen-bond donors (Lipinski definition) is 23. The fourth-order valence-electron chi connectivity index (χ4n) is 12.4. The van der Waals surface area contributed by atoms with Crippen molar-refractivity contribution in [2.45, 2.75) is 209 Å². The molecule has 2 aromatic carbocycles. The zero-order valence-corrected chi connectivity index (χ0v) is 64.2. The fraction of sp³-hybridized carbons (Fsp3) is 0.597. The van der Waals surface area contributed by atoms with E-state index in [1.165, 1.54) is 29.2 Å². The lowest BCUT2D eigenvalue weighted by Crippen LogP contribution is -2.61. The molecule has 41 nitrogen and oxygen atoms in total. The number of nitrogens with zero attached hydrogens (tertiary/aromatic N) is 4. The molecule has 0 aromatic heterocycles. The number of benzene rings is 2. The Morgan fingerprint density at radius 3 is 1.26 bits per heavy atom. The van der Waals surface area contributed by atoms with Gasteiger partial charge in [0.15, 0.2) is 17.9 Å². The Balaban J connectivity index is 1.91. The number of nitrogens with two attached hydrogens (primary N) is 9. The van der Waals surface area contributed by atoms with Crippen molar-refractivity contribution < 1.29 is 77.3 Å². The van der Waals surface area contributed by atoms with Crippen molar-refractivity contribution in [2.75, 3.05) is 58.9 Å². The summed E-state index contributed by atoms with van der Waals surface area (Å²) in [4.78, 5) is 215. The Hall–Kier alpha value is -11.5. The molecule has 2 aromatic rings. The molecule has 2 heterocycles. The van der Waals surface area contributed by atoms with E-state index in [9.17, 15) is 72.5 Å². The summed E-state index contributed by atoms with van der Waals surface area (Å²) < 4.78 is 0.